The average Bonchev–Trinajstić information content (AvgIpc) is 2.81. The van der Waals surface area contributed by atoms with E-state index in [4.69, 9.17) is 5.11 Å². The highest BCUT2D eigenvalue weighted by Crippen LogP contribution is 2.47. The van der Waals surface area contributed by atoms with Crippen LogP contribution in [0.5, 0.6) is 0 Å². The molecular weight excluding hydrogens is 192 g/mol. The Morgan fingerprint density at radius 1 is 1.53 bits per heavy atom. The summed E-state index contributed by atoms with van der Waals surface area (Å²) in [6.45, 7) is 2.77. The highest BCUT2D eigenvalue weighted by Gasteiger charge is 2.42. The Bertz CT molecular complexity index is 233. The van der Waals surface area contributed by atoms with Gasteiger partial charge in [0.15, 0.2) is 0 Å². The van der Waals surface area contributed by atoms with Crippen LogP contribution in [0.15, 0.2) is 0 Å². The first-order valence-electron chi connectivity index (χ1n) is 5.85. The van der Waals surface area contributed by atoms with Crippen molar-refractivity contribution in [3.05, 3.63) is 0 Å². The summed E-state index contributed by atoms with van der Waals surface area (Å²) < 4.78 is 0. The third kappa shape index (κ3) is 2.69. The number of nitrogens with one attached hydrogen (secondary N) is 2. The Kier molecular flexibility index (Phi) is 3.26. The third-order valence-electron chi connectivity index (χ3n) is 3.67. The van der Waals surface area contributed by atoms with Gasteiger partial charge in [-0.25, -0.2) is 0 Å². The fraction of sp³-hybridized carbons (Fsp3) is 0.909. The van der Waals surface area contributed by atoms with E-state index < -0.39 is 0 Å². The Morgan fingerprint density at radius 2 is 2.33 bits per heavy atom. The number of amides is 1. The van der Waals surface area contributed by atoms with Crippen LogP contribution in [-0.2, 0) is 4.79 Å². The number of aliphatic hydroxyl groups excluding tert-OH is 1. The zero-order valence-corrected chi connectivity index (χ0v) is 9.09. The lowest BCUT2D eigenvalue weighted by Gasteiger charge is -2.16. The summed E-state index contributed by atoms with van der Waals surface area (Å²) in [7, 11) is 0. The van der Waals surface area contributed by atoms with Crippen LogP contribution in [0.1, 0.15) is 25.7 Å². The van der Waals surface area contributed by atoms with Crippen molar-refractivity contribution in [2.24, 2.45) is 11.3 Å². The van der Waals surface area contributed by atoms with E-state index in [0.29, 0.717) is 0 Å². The summed E-state index contributed by atoms with van der Waals surface area (Å²) in [5.74, 6) is 0.346. The molecule has 15 heavy (non-hydrogen) atoms. The molecule has 3 N–H and O–H groups in total. The maximum absolute atomic E-state index is 11.7. The van der Waals surface area contributed by atoms with Crippen molar-refractivity contribution in [3.8, 4) is 0 Å². The first kappa shape index (κ1) is 10.9. The predicted octanol–water partition coefficient (Wildman–Crippen LogP) is -0.125. The Labute approximate surface area is 90.4 Å². The van der Waals surface area contributed by atoms with E-state index >= 15 is 0 Å². The Balaban J connectivity index is 1.70. The van der Waals surface area contributed by atoms with Gasteiger partial charge in [0.2, 0.25) is 5.91 Å². The normalized spacial score (nSPS) is 27.7. The van der Waals surface area contributed by atoms with E-state index in [-0.39, 0.29) is 23.8 Å². The zero-order valence-electron chi connectivity index (χ0n) is 9.09. The van der Waals surface area contributed by atoms with Crippen molar-refractivity contribution in [1.29, 1.82) is 0 Å². The largest absolute Gasteiger partial charge is 0.396 e. The van der Waals surface area contributed by atoms with E-state index in [0.717, 1.165) is 45.3 Å². The van der Waals surface area contributed by atoms with Gasteiger partial charge in [0, 0.05) is 19.7 Å². The van der Waals surface area contributed by atoms with Crippen molar-refractivity contribution in [2.45, 2.75) is 25.7 Å². The minimum atomic E-state index is 0.162. The molecule has 1 saturated heterocycles. The van der Waals surface area contributed by atoms with E-state index in [1.54, 1.807) is 0 Å². The van der Waals surface area contributed by atoms with Gasteiger partial charge < -0.3 is 15.7 Å². The molecule has 0 aromatic carbocycles. The maximum Gasteiger partial charge on any atom is 0.224 e. The van der Waals surface area contributed by atoms with Crippen molar-refractivity contribution in [3.63, 3.8) is 0 Å². The average molecular weight is 212 g/mol. The van der Waals surface area contributed by atoms with Gasteiger partial charge in [0.25, 0.3) is 0 Å². The molecule has 1 amide bonds. The first-order valence-corrected chi connectivity index (χ1v) is 5.85. The number of rotatable bonds is 5. The minimum absolute atomic E-state index is 0.162. The molecule has 1 saturated carbocycles. The number of carbonyl (C=O) groups excluding carboxylic acids is 1. The lowest BCUT2D eigenvalue weighted by atomic mass is 10.0. The van der Waals surface area contributed by atoms with Gasteiger partial charge in [-0.3, -0.25) is 4.79 Å². The molecule has 2 aliphatic rings. The summed E-state index contributed by atoms with van der Waals surface area (Å²) in [4.78, 5) is 11.7. The fourth-order valence-corrected chi connectivity index (χ4v) is 2.23. The molecule has 0 spiro atoms. The lowest BCUT2D eigenvalue weighted by molar-refractivity contribution is -0.124. The molecule has 0 bridgehead atoms. The topological polar surface area (TPSA) is 61.4 Å². The molecule has 1 unspecified atom stereocenters. The van der Waals surface area contributed by atoms with Gasteiger partial charge in [-0.2, -0.15) is 0 Å². The van der Waals surface area contributed by atoms with Gasteiger partial charge >= 0.3 is 0 Å². The van der Waals surface area contributed by atoms with E-state index in [1.165, 1.54) is 0 Å². The van der Waals surface area contributed by atoms with E-state index in [1.807, 2.05) is 0 Å². The van der Waals surface area contributed by atoms with Crippen molar-refractivity contribution < 1.29 is 9.90 Å². The second-order valence-corrected chi connectivity index (χ2v) is 4.88. The molecule has 1 aliphatic carbocycles. The van der Waals surface area contributed by atoms with E-state index in [2.05, 4.69) is 10.6 Å². The standard InChI is InChI=1S/C11H20N2O2/c14-6-4-11(2-3-11)8-13-10(15)9-1-5-12-7-9/h9,12,14H,1-8H2,(H,13,15). The molecule has 2 rings (SSSR count). The smallest absolute Gasteiger partial charge is 0.224 e. The molecule has 0 aromatic rings. The highest BCUT2D eigenvalue weighted by atomic mass is 16.3. The van der Waals surface area contributed by atoms with Gasteiger partial charge in [-0.15, -0.1) is 0 Å². The van der Waals surface area contributed by atoms with Gasteiger partial charge in [0.05, 0.1) is 5.92 Å². The number of carbonyl (C=O) groups is 1. The third-order valence-corrected chi connectivity index (χ3v) is 3.67. The second-order valence-electron chi connectivity index (χ2n) is 4.88. The first-order chi connectivity index (χ1) is 7.26. The summed E-state index contributed by atoms with van der Waals surface area (Å²) in [6, 6.07) is 0. The second kappa shape index (κ2) is 4.49. The van der Waals surface area contributed by atoms with Crippen LogP contribution in [0, 0.1) is 11.3 Å². The van der Waals surface area contributed by atoms with Gasteiger partial charge in [0.1, 0.15) is 0 Å². The van der Waals surface area contributed by atoms with Crippen LogP contribution >= 0.6 is 0 Å². The highest BCUT2D eigenvalue weighted by molar-refractivity contribution is 5.79. The van der Waals surface area contributed by atoms with Crippen LogP contribution in [0.2, 0.25) is 0 Å². The molecule has 0 aromatic heterocycles. The molecule has 2 fully saturated rings. The molecule has 1 heterocycles. The summed E-state index contributed by atoms with van der Waals surface area (Å²) in [5, 5.41) is 15.1. The molecule has 4 nitrogen and oxygen atoms in total. The molecular formula is C11H20N2O2. The quantitative estimate of drug-likeness (QED) is 0.595. The monoisotopic (exact) mass is 212 g/mol. The number of aliphatic hydroxyl groups is 1. The SMILES string of the molecule is O=C(NCC1(CCO)CC1)C1CCNC1. The van der Waals surface area contributed by atoms with Crippen LogP contribution in [0.3, 0.4) is 0 Å². The minimum Gasteiger partial charge on any atom is -0.396 e. The summed E-state index contributed by atoms with van der Waals surface area (Å²) >= 11 is 0. The summed E-state index contributed by atoms with van der Waals surface area (Å²) in [5.41, 5.74) is 0.233. The van der Waals surface area contributed by atoms with E-state index in [9.17, 15) is 4.79 Å². The van der Waals surface area contributed by atoms with Crippen molar-refractivity contribution in [1.82, 2.24) is 10.6 Å². The number of hydrogen-bond acceptors (Lipinski definition) is 3. The number of hydrogen-bond donors (Lipinski definition) is 3. The van der Waals surface area contributed by atoms with Gasteiger partial charge in [-0.1, -0.05) is 0 Å². The van der Waals surface area contributed by atoms with Crippen molar-refractivity contribution in [2.75, 3.05) is 26.2 Å². The summed E-state index contributed by atoms with van der Waals surface area (Å²) in [6.07, 6.45) is 4.09. The molecule has 0 radical (unpaired) electrons. The van der Waals surface area contributed by atoms with Crippen molar-refractivity contribution >= 4 is 5.91 Å². The zero-order chi connectivity index (χ0) is 10.7. The van der Waals surface area contributed by atoms with Crippen LogP contribution < -0.4 is 10.6 Å². The Morgan fingerprint density at radius 3 is 2.87 bits per heavy atom. The van der Waals surface area contributed by atoms with Crippen LogP contribution in [0.4, 0.5) is 0 Å². The van der Waals surface area contributed by atoms with Gasteiger partial charge in [-0.05, 0) is 37.6 Å². The molecule has 1 aliphatic heterocycles. The predicted molar refractivity (Wildman–Crippen MR) is 57.4 cm³/mol. The lowest BCUT2D eigenvalue weighted by Crippen LogP contribution is -2.36. The molecule has 4 heteroatoms. The molecule has 86 valence electrons. The van der Waals surface area contributed by atoms with Crippen LogP contribution in [-0.4, -0.2) is 37.3 Å². The maximum atomic E-state index is 11.7. The molecule has 1 atom stereocenters. The van der Waals surface area contributed by atoms with Crippen LogP contribution in [0.25, 0.3) is 0 Å². The fourth-order valence-electron chi connectivity index (χ4n) is 2.23. The Hall–Kier alpha value is -0.610.